The molecule has 1 aliphatic rings. The van der Waals surface area contributed by atoms with Gasteiger partial charge in [0.2, 0.25) is 12.4 Å². The Morgan fingerprint density at radius 3 is 2.03 bits per heavy atom. The topological polar surface area (TPSA) is 133 Å². The number of carbonyl (C=O) groups is 4. The SMILES string of the molecule is COc1ccc(C=Cc2sccc2OC2OC(COC(C)=O)C(OC(C)=O)C(OC(C)=O)C2OC(C)=O)cc1. The largest absolute Gasteiger partial charge is 0.497 e. The number of ether oxygens (including phenoxy) is 7. The molecule has 0 radical (unpaired) electrons. The highest BCUT2D eigenvalue weighted by atomic mass is 32.1. The molecule has 1 aromatic carbocycles. The summed E-state index contributed by atoms with van der Waals surface area (Å²) in [6.07, 6.45) is -2.58. The second-order valence-corrected chi connectivity index (χ2v) is 9.39. The van der Waals surface area contributed by atoms with Crippen molar-refractivity contribution in [3.63, 3.8) is 0 Å². The molecule has 1 aromatic heterocycles. The van der Waals surface area contributed by atoms with Crippen LogP contribution >= 0.6 is 11.3 Å². The number of rotatable bonds is 10. The third-order valence-electron chi connectivity index (χ3n) is 5.39. The van der Waals surface area contributed by atoms with Crippen LogP contribution in [-0.2, 0) is 42.9 Å². The molecular formula is C27H30O11S. The summed E-state index contributed by atoms with van der Waals surface area (Å²) in [7, 11) is 1.59. The van der Waals surface area contributed by atoms with Crippen molar-refractivity contribution >= 4 is 47.4 Å². The van der Waals surface area contributed by atoms with Crippen LogP contribution in [0.1, 0.15) is 38.1 Å². The number of benzene rings is 1. The van der Waals surface area contributed by atoms with E-state index in [9.17, 15) is 19.2 Å². The molecule has 1 saturated heterocycles. The lowest BCUT2D eigenvalue weighted by Crippen LogP contribution is -2.63. The van der Waals surface area contributed by atoms with Crippen molar-refractivity contribution < 1.29 is 52.3 Å². The fourth-order valence-electron chi connectivity index (χ4n) is 3.82. The fourth-order valence-corrected chi connectivity index (χ4v) is 4.54. The van der Waals surface area contributed by atoms with Crippen LogP contribution in [0.4, 0.5) is 0 Å². The van der Waals surface area contributed by atoms with Gasteiger partial charge in [0.25, 0.3) is 0 Å². The van der Waals surface area contributed by atoms with Gasteiger partial charge in [0.15, 0.2) is 12.2 Å². The molecule has 0 bridgehead atoms. The smallest absolute Gasteiger partial charge is 0.303 e. The zero-order chi connectivity index (χ0) is 28.5. The Labute approximate surface area is 229 Å². The minimum atomic E-state index is -1.32. The van der Waals surface area contributed by atoms with Gasteiger partial charge in [0.05, 0.1) is 12.0 Å². The van der Waals surface area contributed by atoms with Crippen molar-refractivity contribution in [3.05, 3.63) is 46.2 Å². The van der Waals surface area contributed by atoms with E-state index in [0.29, 0.717) is 5.75 Å². The zero-order valence-electron chi connectivity index (χ0n) is 22.1. The molecule has 12 heteroatoms. The number of esters is 4. The van der Waals surface area contributed by atoms with Gasteiger partial charge in [-0.1, -0.05) is 18.2 Å². The summed E-state index contributed by atoms with van der Waals surface area (Å²) in [6.45, 7) is 4.34. The third kappa shape index (κ3) is 8.55. The monoisotopic (exact) mass is 562 g/mol. The van der Waals surface area contributed by atoms with E-state index >= 15 is 0 Å². The van der Waals surface area contributed by atoms with Crippen molar-refractivity contribution in [2.75, 3.05) is 13.7 Å². The van der Waals surface area contributed by atoms with E-state index in [2.05, 4.69) is 0 Å². The van der Waals surface area contributed by atoms with Crippen LogP contribution in [0.3, 0.4) is 0 Å². The van der Waals surface area contributed by atoms with Crippen LogP contribution in [0.15, 0.2) is 35.7 Å². The first-order valence-corrected chi connectivity index (χ1v) is 12.8. The Morgan fingerprint density at radius 1 is 0.821 bits per heavy atom. The molecule has 2 aromatic rings. The van der Waals surface area contributed by atoms with Gasteiger partial charge in [-0.3, -0.25) is 19.2 Å². The van der Waals surface area contributed by atoms with Gasteiger partial charge in [-0.2, -0.15) is 0 Å². The van der Waals surface area contributed by atoms with E-state index in [1.54, 1.807) is 18.6 Å². The highest BCUT2D eigenvalue weighted by Crippen LogP contribution is 2.34. The van der Waals surface area contributed by atoms with Crippen molar-refractivity contribution in [3.8, 4) is 11.5 Å². The van der Waals surface area contributed by atoms with Gasteiger partial charge >= 0.3 is 23.9 Å². The van der Waals surface area contributed by atoms with E-state index in [1.807, 2.05) is 36.4 Å². The van der Waals surface area contributed by atoms with Gasteiger partial charge in [0, 0.05) is 27.7 Å². The van der Waals surface area contributed by atoms with E-state index in [4.69, 9.17) is 33.2 Å². The first-order chi connectivity index (χ1) is 18.6. The number of thiophene rings is 1. The molecule has 0 saturated carbocycles. The predicted molar refractivity (Wildman–Crippen MR) is 139 cm³/mol. The van der Waals surface area contributed by atoms with Crippen LogP contribution in [0.25, 0.3) is 12.2 Å². The number of methoxy groups -OCH3 is 1. The summed E-state index contributed by atoms with van der Waals surface area (Å²) in [6, 6.07) is 9.16. The predicted octanol–water partition coefficient (Wildman–Crippen LogP) is 3.39. The summed E-state index contributed by atoms with van der Waals surface area (Å²) in [5.41, 5.74) is 0.919. The van der Waals surface area contributed by atoms with E-state index in [-0.39, 0.29) is 6.61 Å². The maximum absolute atomic E-state index is 12.0. The highest BCUT2D eigenvalue weighted by Gasteiger charge is 2.53. The maximum atomic E-state index is 12.0. The van der Waals surface area contributed by atoms with Gasteiger partial charge in [-0.25, -0.2) is 0 Å². The van der Waals surface area contributed by atoms with Gasteiger partial charge in [-0.05, 0) is 35.2 Å². The zero-order valence-corrected chi connectivity index (χ0v) is 22.9. The van der Waals surface area contributed by atoms with Crippen molar-refractivity contribution in [1.82, 2.24) is 0 Å². The Hall–Kier alpha value is -3.90. The first-order valence-electron chi connectivity index (χ1n) is 11.9. The van der Waals surface area contributed by atoms with E-state index in [1.165, 1.54) is 25.2 Å². The van der Waals surface area contributed by atoms with Crippen molar-refractivity contribution in [2.24, 2.45) is 0 Å². The molecule has 0 aliphatic carbocycles. The molecule has 39 heavy (non-hydrogen) atoms. The van der Waals surface area contributed by atoms with E-state index in [0.717, 1.165) is 30.0 Å². The summed E-state index contributed by atoms with van der Waals surface area (Å²) >= 11 is 1.39. The molecule has 5 atom stereocenters. The number of carbonyl (C=O) groups excluding carboxylic acids is 4. The van der Waals surface area contributed by atoms with Crippen LogP contribution in [0.5, 0.6) is 11.5 Å². The Morgan fingerprint density at radius 2 is 1.44 bits per heavy atom. The van der Waals surface area contributed by atoms with Gasteiger partial charge < -0.3 is 33.2 Å². The highest BCUT2D eigenvalue weighted by molar-refractivity contribution is 7.11. The second kappa shape index (κ2) is 13.8. The van der Waals surface area contributed by atoms with Crippen molar-refractivity contribution in [1.29, 1.82) is 0 Å². The molecule has 0 spiro atoms. The first kappa shape index (κ1) is 29.7. The van der Waals surface area contributed by atoms with Crippen LogP contribution in [-0.4, -0.2) is 68.3 Å². The maximum Gasteiger partial charge on any atom is 0.303 e. The van der Waals surface area contributed by atoms with Crippen LogP contribution in [0, 0.1) is 0 Å². The quantitative estimate of drug-likeness (QED) is 0.312. The fraction of sp³-hybridized carbons (Fsp3) is 0.407. The van der Waals surface area contributed by atoms with Gasteiger partial charge in [-0.15, -0.1) is 11.3 Å². The molecule has 0 amide bonds. The molecule has 3 rings (SSSR count). The van der Waals surface area contributed by atoms with E-state index < -0.39 is 54.6 Å². The van der Waals surface area contributed by atoms with Crippen LogP contribution < -0.4 is 9.47 Å². The number of hydrogen-bond acceptors (Lipinski definition) is 12. The summed E-state index contributed by atoms with van der Waals surface area (Å²) < 4.78 is 38.7. The third-order valence-corrected chi connectivity index (χ3v) is 6.25. The summed E-state index contributed by atoms with van der Waals surface area (Å²) in [4.78, 5) is 48.1. The Kier molecular flexibility index (Phi) is 10.5. The standard InChI is InChI=1S/C27H30O11S/c1-15(28)33-14-22-24(34-16(2)29)25(35-17(3)30)26(36-18(4)31)27(38-22)37-21-12-13-39-23(21)11-8-19-6-9-20(32-5)10-7-19/h6-13,22,24-27H,14H2,1-5H3. The number of hydrogen-bond donors (Lipinski definition) is 0. The molecule has 1 fully saturated rings. The lowest BCUT2D eigenvalue weighted by molar-refractivity contribution is -0.288. The summed E-state index contributed by atoms with van der Waals surface area (Å²) in [5, 5.41) is 1.80. The molecule has 0 N–H and O–H groups in total. The minimum absolute atomic E-state index is 0.342. The Bertz CT molecular complexity index is 1190. The average Bonchev–Trinajstić information content (AvgIpc) is 3.31. The molecule has 1 aliphatic heterocycles. The molecule has 5 unspecified atom stereocenters. The lowest BCUT2D eigenvalue weighted by Gasteiger charge is -2.43. The molecule has 2 heterocycles. The lowest BCUT2D eigenvalue weighted by atomic mass is 9.98. The minimum Gasteiger partial charge on any atom is -0.497 e. The molecule has 210 valence electrons. The molecule has 11 nitrogen and oxygen atoms in total. The van der Waals surface area contributed by atoms with Crippen LogP contribution in [0.2, 0.25) is 0 Å². The second-order valence-electron chi connectivity index (χ2n) is 8.44. The normalized spacial score (nSPS) is 22.5. The Balaban J connectivity index is 1.93. The molecular weight excluding hydrogens is 532 g/mol. The average molecular weight is 563 g/mol. The van der Waals surface area contributed by atoms with Gasteiger partial charge in [0.1, 0.15) is 24.2 Å². The summed E-state index contributed by atoms with van der Waals surface area (Å²) in [5.74, 6) is -1.62. The van der Waals surface area contributed by atoms with Crippen molar-refractivity contribution in [2.45, 2.75) is 58.4 Å².